The average Bonchev–Trinajstić information content (AvgIpc) is 2.74. The number of thioether (sulfide) groups is 2. The van der Waals surface area contributed by atoms with Gasteiger partial charge in [0.05, 0.1) is 12.6 Å². The number of carbonyl (C=O) groups is 3. The van der Waals surface area contributed by atoms with Crippen LogP contribution in [0.25, 0.3) is 0 Å². The SMILES string of the molecule is NCC(/C=N/O)=C\SC1=C(C(=O)O)N2C(=O)C(NC(=O)Cc3ccccc3)[C@H]2SC1. The highest BCUT2D eigenvalue weighted by Gasteiger charge is 2.54. The number of carboxylic acid groups (broad SMARTS) is 1. The standard InChI is InChI=1S/C19H20N4O5S2/c20-7-12(8-21-28)9-29-13-10-30-18-15(17(25)23(18)16(13)19(26)27)22-14(24)6-11-4-2-1-3-5-11/h1-5,8-9,15,18,28H,6-7,10,20H2,(H,22,24)(H,26,27)/b12-9+,21-8+/t15?,18-/m1/s1. The Morgan fingerprint density at radius 1 is 1.37 bits per heavy atom. The van der Waals surface area contributed by atoms with E-state index in [1.807, 2.05) is 30.3 Å². The lowest BCUT2D eigenvalue weighted by Crippen LogP contribution is -2.70. The Labute approximate surface area is 181 Å². The van der Waals surface area contributed by atoms with Crippen LogP contribution in [0.5, 0.6) is 0 Å². The molecule has 3 rings (SSSR count). The molecule has 0 aliphatic carbocycles. The van der Waals surface area contributed by atoms with Gasteiger partial charge in [0.25, 0.3) is 5.91 Å². The van der Waals surface area contributed by atoms with Crippen LogP contribution in [-0.2, 0) is 20.8 Å². The Bertz CT molecular complexity index is 932. The van der Waals surface area contributed by atoms with E-state index in [0.29, 0.717) is 16.2 Å². The summed E-state index contributed by atoms with van der Waals surface area (Å²) in [5, 5.41) is 25.0. The normalized spacial score (nSPS) is 21.4. The summed E-state index contributed by atoms with van der Waals surface area (Å²) in [6, 6.07) is 8.40. The minimum Gasteiger partial charge on any atom is -0.477 e. The van der Waals surface area contributed by atoms with Crippen molar-refractivity contribution in [3.8, 4) is 0 Å². The highest BCUT2D eigenvalue weighted by Crippen LogP contribution is 2.43. The molecule has 158 valence electrons. The lowest BCUT2D eigenvalue weighted by atomic mass is 10.0. The van der Waals surface area contributed by atoms with Crippen molar-refractivity contribution in [2.75, 3.05) is 12.3 Å². The predicted octanol–water partition coefficient (Wildman–Crippen LogP) is 0.961. The molecule has 0 radical (unpaired) electrons. The third kappa shape index (κ3) is 4.69. The zero-order valence-electron chi connectivity index (χ0n) is 15.7. The summed E-state index contributed by atoms with van der Waals surface area (Å²) >= 11 is 2.50. The summed E-state index contributed by atoms with van der Waals surface area (Å²) in [4.78, 5) is 38.5. The summed E-state index contributed by atoms with van der Waals surface area (Å²) in [6.07, 6.45) is 1.31. The van der Waals surface area contributed by atoms with Gasteiger partial charge in [-0.1, -0.05) is 47.2 Å². The minimum atomic E-state index is -1.22. The van der Waals surface area contributed by atoms with Crippen molar-refractivity contribution >= 4 is 47.5 Å². The number of benzene rings is 1. The van der Waals surface area contributed by atoms with E-state index in [0.717, 1.165) is 17.3 Å². The number of amides is 2. The maximum Gasteiger partial charge on any atom is 0.353 e. The molecule has 2 aliphatic rings. The van der Waals surface area contributed by atoms with Crippen molar-refractivity contribution in [2.24, 2.45) is 10.9 Å². The topological polar surface area (TPSA) is 145 Å². The molecule has 1 saturated heterocycles. The summed E-state index contributed by atoms with van der Waals surface area (Å²) < 4.78 is 0. The number of β-lactam (4-membered cyclic amide) rings is 1. The number of nitrogens with one attached hydrogen (secondary N) is 1. The number of nitrogens with zero attached hydrogens (tertiary/aromatic N) is 2. The van der Waals surface area contributed by atoms with Gasteiger partial charge in [0.2, 0.25) is 5.91 Å². The molecule has 0 aromatic heterocycles. The first-order chi connectivity index (χ1) is 14.5. The van der Waals surface area contributed by atoms with E-state index in [4.69, 9.17) is 10.9 Å². The largest absolute Gasteiger partial charge is 0.477 e. The van der Waals surface area contributed by atoms with Crippen LogP contribution in [0.3, 0.4) is 0 Å². The maximum absolute atomic E-state index is 12.6. The fourth-order valence-electron chi connectivity index (χ4n) is 3.04. The molecular weight excluding hydrogens is 428 g/mol. The molecule has 9 nitrogen and oxygen atoms in total. The number of hydrogen-bond acceptors (Lipinski definition) is 8. The Morgan fingerprint density at radius 2 is 2.10 bits per heavy atom. The molecule has 1 aromatic carbocycles. The van der Waals surface area contributed by atoms with E-state index in [1.54, 1.807) is 5.41 Å². The van der Waals surface area contributed by atoms with Crippen molar-refractivity contribution in [2.45, 2.75) is 17.8 Å². The van der Waals surface area contributed by atoms with E-state index in [2.05, 4.69) is 10.5 Å². The van der Waals surface area contributed by atoms with Crippen LogP contribution >= 0.6 is 23.5 Å². The molecule has 0 saturated carbocycles. The van der Waals surface area contributed by atoms with Gasteiger partial charge in [-0.15, -0.1) is 11.8 Å². The molecular formula is C19H20N4O5S2. The van der Waals surface area contributed by atoms with Crippen LogP contribution in [0.2, 0.25) is 0 Å². The number of oxime groups is 1. The number of hydrogen-bond donors (Lipinski definition) is 4. The third-order valence-electron chi connectivity index (χ3n) is 4.47. The first-order valence-electron chi connectivity index (χ1n) is 8.93. The van der Waals surface area contributed by atoms with Gasteiger partial charge in [-0.2, -0.15) is 0 Å². The Kier molecular flexibility index (Phi) is 7.19. The molecule has 5 N–H and O–H groups in total. The molecule has 0 bridgehead atoms. The molecule has 2 heterocycles. The summed E-state index contributed by atoms with van der Waals surface area (Å²) in [5.74, 6) is -1.61. The highest BCUT2D eigenvalue weighted by atomic mass is 32.2. The number of fused-ring (bicyclic) bond motifs is 1. The van der Waals surface area contributed by atoms with Gasteiger partial charge in [0.15, 0.2) is 0 Å². The molecule has 2 aliphatic heterocycles. The number of aliphatic carboxylic acids is 1. The Balaban J connectivity index is 1.71. The quantitative estimate of drug-likeness (QED) is 0.199. The molecule has 1 unspecified atom stereocenters. The summed E-state index contributed by atoms with van der Waals surface area (Å²) in [7, 11) is 0. The molecule has 0 spiro atoms. The number of carbonyl (C=O) groups excluding carboxylic acids is 2. The van der Waals surface area contributed by atoms with Gasteiger partial charge in [-0.3, -0.25) is 14.5 Å². The highest BCUT2D eigenvalue weighted by molar-refractivity contribution is 8.08. The zero-order chi connectivity index (χ0) is 21.7. The van der Waals surface area contributed by atoms with Gasteiger partial charge in [-0.25, -0.2) is 4.79 Å². The smallest absolute Gasteiger partial charge is 0.353 e. The Morgan fingerprint density at radius 3 is 2.73 bits per heavy atom. The second kappa shape index (κ2) is 9.83. The van der Waals surface area contributed by atoms with Crippen LogP contribution in [0.15, 0.2) is 57.1 Å². The lowest BCUT2D eigenvalue weighted by Gasteiger charge is -2.49. The van der Waals surface area contributed by atoms with E-state index in [-0.39, 0.29) is 24.6 Å². The van der Waals surface area contributed by atoms with Crippen molar-refractivity contribution in [1.82, 2.24) is 10.2 Å². The minimum absolute atomic E-state index is 0.101. The first-order valence-corrected chi connectivity index (χ1v) is 10.9. The molecule has 2 atom stereocenters. The fourth-order valence-corrected chi connectivity index (χ4v) is 5.46. The second-order valence-corrected chi connectivity index (χ2v) is 8.52. The molecule has 11 heteroatoms. The van der Waals surface area contributed by atoms with Gasteiger partial charge >= 0.3 is 5.97 Å². The number of rotatable bonds is 8. The van der Waals surface area contributed by atoms with E-state index in [9.17, 15) is 19.5 Å². The van der Waals surface area contributed by atoms with Crippen molar-refractivity contribution < 1.29 is 24.7 Å². The van der Waals surface area contributed by atoms with Crippen molar-refractivity contribution in [3.05, 3.63) is 57.5 Å². The van der Waals surface area contributed by atoms with E-state index in [1.165, 1.54) is 22.9 Å². The molecule has 30 heavy (non-hydrogen) atoms. The van der Waals surface area contributed by atoms with Gasteiger partial charge in [0.1, 0.15) is 17.1 Å². The van der Waals surface area contributed by atoms with Crippen LogP contribution in [0.4, 0.5) is 0 Å². The maximum atomic E-state index is 12.6. The zero-order valence-corrected chi connectivity index (χ0v) is 17.4. The van der Waals surface area contributed by atoms with Gasteiger partial charge in [-0.05, 0) is 16.5 Å². The number of nitrogens with two attached hydrogens (primary N) is 1. The van der Waals surface area contributed by atoms with Gasteiger partial charge in [0, 0.05) is 17.2 Å². The first kappa shape index (κ1) is 21.9. The van der Waals surface area contributed by atoms with E-state index >= 15 is 0 Å². The fraction of sp³-hybridized carbons (Fsp3) is 0.263. The predicted molar refractivity (Wildman–Crippen MR) is 115 cm³/mol. The van der Waals surface area contributed by atoms with Crippen LogP contribution < -0.4 is 11.1 Å². The van der Waals surface area contributed by atoms with Crippen molar-refractivity contribution in [3.63, 3.8) is 0 Å². The summed E-state index contributed by atoms with van der Waals surface area (Å²) in [5.41, 5.74) is 6.78. The summed E-state index contributed by atoms with van der Waals surface area (Å²) in [6.45, 7) is 0.112. The van der Waals surface area contributed by atoms with Crippen LogP contribution in [-0.4, -0.2) is 62.9 Å². The van der Waals surface area contributed by atoms with Crippen LogP contribution in [0, 0.1) is 0 Å². The number of carboxylic acids is 1. The third-order valence-corrected chi connectivity index (χ3v) is 6.98. The average molecular weight is 449 g/mol. The van der Waals surface area contributed by atoms with Gasteiger partial charge < -0.3 is 21.4 Å². The second-order valence-electron chi connectivity index (χ2n) is 6.45. The van der Waals surface area contributed by atoms with Crippen LogP contribution in [0.1, 0.15) is 5.56 Å². The van der Waals surface area contributed by atoms with Crippen molar-refractivity contribution in [1.29, 1.82) is 0 Å². The molecule has 2 amide bonds. The van der Waals surface area contributed by atoms with E-state index < -0.39 is 23.3 Å². The monoisotopic (exact) mass is 448 g/mol. The molecule has 1 aromatic rings. The molecule has 1 fully saturated rings. The Hall–Kier alpha value is -2.76. The lowest BCUT2D eigenvalue weighted by molar-refractivity contribution is -0.150.